The van der Waals surface area contributed by atoms with Crippen LogP contribution in [0.15, 0.2) is 54.6 Å². The van der Waals surface area contributed by atoms with Crippen LogP contribution in [0.5, 0.6) is 0 Å². The highest BCUT2D eigenvalue weighted by Gasteiger charge is 2.33. The molecule has 0 radical (unpaired) electrons. The van der Waals surface area contributed by atoms with Crippen LogP contribution in [0.2, 0.25) is 0 Å². The SMILES string of the molecule is CCSC1=C(c2ccccc2)C(=[N+](C)C)c2ccccc21. The zero-order valence-corrected chi connectivity index (χ0v) is 13.6. The van der Waals surface area contributed by atoms with Gasteiger partial charge in [-0.15, -0.1) is 11.8 Å². The van der Waals surface area contributed by atoms with Gasteiger partial charge in [-0.25, -0.2) is 4.58 Å². The molecule has 1 nitrogen and oxygen atoms in total. The quantitative estimate of drug-likeness (QED) is 0.759. The first-order valence-corrected chi connectivity index (χ1v) is 8.29. The first-order valence-electron chi connectivity index (χ1n) is 7.31. The molecule has 0 amide bonds. The fourth-order valence-electron chi connectivity index (χ4n) is 2.90. The lowest BCUT2D eigenvalue weighted by molar-refractivity contribution is -0.462. The van der Waals surface area contributed by atoms with Crippen molar-refractivity contribution in [2.75, 3.05) is 19.8 Å². The molecule has 0 saturated heterocycles. The van der Waals surface area contributed by atoms with Crippen molar-refractivity contribution >= 4 is 28.0 Å². The topological polar surface area (TPSA) is 3.01 Å². The van der Waals surface area contributed by atoms with E-state index in [9.17, 15) is 0 Å². The van der Waals surface area contributed by atoms with Crippen LogP contribution in [0.25, 0.3) is 10.5 Å². The monoisotopic (exact) mass is 294 g/mol. The minimum atomic E-state index is 1.08. The van der Waals surface area contributed by atoms with Gasteiger partial charge in [-0.3, -0.25) is 0 Å². The summed E-state index contributed by atoms with van der Waals surface area (Å²) in [6, 6.07) is 19.5. The van der Waals surface area contributed by atoms with Crippen molar-refractivity contribution in [3.63, 3.8) is 0 Å². The van der Waals surface area contributed by atoms with E-state index in [0.29, 0.717) is 0 Å². The Morgan fingerprint density at radius 3 is 2.10 bits per heavy atom. The normalized spacial score (nSPS) is 13.6. The third-order valence-corrected chi connectivity index (χ3v) is 4.69. The smallest absolute Gasteiger partial charge is 0.216 e. The predicted molar refractivity (Wildman–Crippen MR) is 94.0 cm³/mol. The summed E-state index contributed by atoms with van der Waals surface area (Å²) in [6.45, 7) is 2.22. The van der Waals surface area contributed by atoms with Gasteiger partial charge in [-0.05, 0) is 17.4 Å². The number of hydrogen-bond donors (Lipinski definition) is 0. The van der Waals surface area contributed by atoms with Crippen LogP contribution < -0.4 is 0 Å². The summed E-state index contributed by atoms with van der Waals surface area (Å²) in [6.07, 6.45) is 0. The average molecular weight is 294 g/mol. The number of rotatable bonds is 3. The summed E-state index contributed by atoms with van der Waals surface area (Å²) in [5.41, 5.74) is 6.71. The van der Waals surface area contributed by atoms with Gasteiger partial charge in [-0.2, -0.15) is 0 Å². The van der Waals surface area contributed by atoms with Gasteiger partial charge in [0.25, 0.3) is 0 Å². The Hall–Kier alpha value is -1.80. The molecule has 2 aromatic carbocycles. The molecule has 1 aliphatic carbocycles. The molecule has 0 spiro atoms. The van der Waals surface area contributed by atoms with Gasteiger partial charge in [0.05, 0.1) is 11.1 Å². The van der Waals surface area contributed by atoms with Crippen molar-refractivity contribution in [2.24, 2.45) is 0 Å². The molecule has 0 saturated carbocycles. The Morgan fingerprint density at radius 1 is 0.857 bits per heavy atom. The Labute approximate surface area is 131 Å². The van der Waals surface area contributed by atoms with Crippen LogP contribution in [0, 0.1) is 0 Å². The maximum Gasteiger partial charge on any atom is 0.216 e. The summed E-state index contributed by atoms with van der Waals surface area (Å²) < 4.78 is 2.24. The van der Waals surface area contributed by atoms with E-state index >= 15 is 0 Å². The molecule has 0 heterocycles. The molecule has 0 N–H and O–H groups in total. The Morgan fingerprint density at radius 2 is 1.48 bits per heavy atom. The molecule has 21 heavy (non-hydrogen) atoms. The minimum Gasteiger partial charge on any atom is -0.234 e. The summed E-state index contributed by atoms with van der Waals surface area (Å²) in [5, 5.41) is 0. The van der Waals surface area contributed by atoms with Gasteiger partial charge >= 0.3 is 0 Å². The number of nitrogens with zero attached hydrogens (tertiary/aromatic N) is 1. The zero-order valence-electron chi connectivity index (χ0n) is 12.8. The Bertz CT molecular complexity index is 722. The van der Waals surface area contributed by atoms with E-state index in [-0.39, 0.29) is 0 Å². The largest absolute Gasteiger partial charge is 0.234 e. The standard InChI is InChI=1S/C19H20NS/c1-4-21-19-16-13-9-8-12-15(16)18(20(2)3)17(19)14-10-6-5-7-11-14/h5-13H,4H2,1-3H3/q+1. The molecule has 2 heteroatoms. The Kier molecular flexibility index (Phi) is 3.98. The minimum absolute atomic E-state index is 1.08. The molecule has 106 valence electrons. The highest BCUT2D eigenvalue weighted by Crippen LogP contribution is 2.44. The molecular formula is C19H20NS+. The molecule has 3 rings (SSSR count). The molecule has 2 aromatic rings. The molecule has 0 unspecified atom stereocenters. The predicted octanol–water partition coefficient (Wildman–Crippen LogP) is 4.38. The first-order chi connectivity index (χ1) is 10.2. The molecule has 0 aliphatic heterocycles. The highest BCUT2D eigenvalue weighted by molar-refractivity contribution is 8.08. The summed E-state index contributed by atoms with van der Waals surface area (Å²) >= 11 is 1.94. The molecule has 0 aromatic heterocycles. The molecular weight excluding hydrogens is 274 g/mol. The number of thioether (sulfide) groups is 1. The van der Waals surface area contributed by atoms with Crippen LogP contribution in [-0.2, 0) is 0 Å². The van der Waals surface area contributed by atoms with Crippen molar-refractivity contribution in [1.29, 1.82) is 0 Å². The van der Waals surface area contributed by atoms with E-state index in [1.807, 2.05) is 11.8 Å². The fraction of sp³-hybridized carbons (Fsp3) is 0.211. The van der Waals surface area contributed by atoms with Crippen molar-refractivity contribution in [1.82, 2.24) is 0 Å². The van der Waals surface area contributed by atoms with Crippen molar-refractivity contribution in [3.8, 4) is 0 Å². The van der Waals surface area contributed by atoms with Gasteiger partial charge in [0.1, 0.15) is 14.1 Å². The van der Waals surface area contributed by atoms with Crippen molar-refractivity contribution < 1.29 is 4.58 Å². The van der Waals surface area contributed by atoms with E-state index in [1.165, 1.54) is 32.9 Å². The Balaban J connectivity index is 2.31. The van der Waals surface area contributed by atoms with Crippen LogP contribution in [0.3, 0.4) is 0 Å². The van der Waals surface area contributed by atoms with Gasteiger partial charge in [0.2, 0.25) is 5.71 Å². The van der Waals surface area contributed by atoms with E-state index < -0.39 is 0 Å². The van der Waals surface area contributed by atoms with Gasteiger partial charge in [0.15, 0.2) is 0 Å². The molecule has 1 aliphatic rings. The molecule has 0 bridgehead atoms. The lowest BCUT2D eigenvalue weighted by Gasteiger charge is -2.06. The number of benzene rings is 2. The second kappa shape index (κ2) is 5.90. The maximum absolute atomic E-state index is 2.24. The third-order valence-electron chi connectivity index (χ3n) is 3.69. The van der Waals surface area contributed by atoms with E-state index in [0.717, 1.165) is 5.75 Å². The summed E-state index contributed by atoms with van der Waals surface area (Å²) in [7, 11) is 4.27. The molecule has 0 fully saturated rings. The summed E-state index contributed by atoms with van der Waals surface area (Å²) in [4.78, 5) is 1.41. The third kappa shape index (κ3) is 2.44. The van der Waals surface area contributed by atoms with E-state index in [4.69, 9.17) is 0 Å². The van der Waals surface area contributed by atoms with Crippen LogP contribution in [0.4, 0.5) is 0 Å². The van der Waals surface area contributed by atoms with E-state index in [1.54, 1.807) is 0 Å². The van der Waals surface area contributed by atoms with Gasteiger partial charge < -0.3 is 0 Å². The second-order valence-electron chi connectivity index (χ2n) is 5.29. The first kappa shape index (κ1) is 14.2. The average Bonchev–Trinajstić information content (AvgIpc) is 2.83. The summed E-state index contributed by atoms with van der Waals surface area (Å²) in [5.74, 6) is 1.08. The number of hydrogen-bond acceptors (Lipinski definition) is 1. The maximum atomic E-state index is 2.24. The van der Waals surface area contributed by atoms with Gasteiger partial charge in [-0.1, -0.05) is 55.5 Å². The van der Waals surface area contributed by atoms with Crippen molar-refractivity contribution in [3.05, 3.63) is 71.3 Å². The molecule has 0 atom stereocenters. The van der Waals surface area contributed by atoms with Gasteiger partial charge in [0, 0.05) is 10.5 Å². The second-order valence-corrected chi connectivity index (χ2v) is 6.57. The van der Waals surface area contributed by atoms with Crippen LogP contribution in [0.1, 0.15) is 23.6 Å². The number of fused-ring (bicyclic) bond motifs is 1. The van der Waals surface area contributed by atoms with Crippen LogP contribution >= 0.6 is 11.8 Å². The lowest BCUT2D eigenvalue weighted by Crippen LogP contribution is -2.14. The highest BCUT2D eigenvalue weighted by atomic mass is 32.2. The number of allylic oxidation sites excluding steroid dienone is 1. The van der Waals surface area contributed by atoms with E-state index in [2.05, 4.69) is 80.2 Å². The zero-order chi connectivity index (χ0) is 14.8. The lowest BCUT2D eigenvalue weighted by atomic mass is 10.0. The van der Waals surface area contributed by atoms with Crippen molar-refractivity contribution in [2.45, 2.75) is 6.92 Å². The fourth-order valence-corrected chi connectivity index (χ4v) is 3.88. The van der Waals surface area contributed by atoms with Crippen LogP contribution in [-0.4, -0.2) is 30.1 Å².